The van der Waals surface area contributed by atoms with Crippen molar-refractivity contribution in [3.05, 3.63) is 64.2 Å². The monoisotopic (exact) mass is 382 g/mol. The van der Waals surface area contributed by atoms with Gasteiger partial charge >= 0.3 is 0 Å². The van der Waals surface area contributed by atoms with E-state index in [4.69, 9.17) is 0 Å². The highest BCUT2D eigenvalue weighted by Gasteiger charge is 2.33. The van der Waals surface area contributed by atoms with E-state index < -0.39 is 11.0 Å². The van der Waals surface area contributed by atoms with E-state index in [9.17, 15) is 19.7 Å². The van der Waals surface area contributed by atoms with Gasteiger partial charge in [0.1, 0.15) is 12.3 Å². The molecule has 8 heteroatoms. The van der Waals surface area contributed by atoms with Gasteiger partial charge in [-0.05, 0) is 38.4 Å². The van der Waals surface area contributed by atoms with Gasteiger partial charge in [0.15, 0.2) is 0 Å². The second-order valence-electron chi connectivity index (χ2n) is 6.91. The van der Waals surface area contributed by atoms with E-state index in [-0.39, 0.29) is 18.1 Å². The number of nitrogens with zero attached hydrogens (tertiary/aromatic N) is 4. The molecule has 0 N–H and O–H groups in total. The molecule has 0 aromatic heterocycles. The minimum absolute atomic E-state index is 0.0729. The molecule has 8 nitrogen and oxygen atoms in total. The largest absolute Gasteiger partial charge is 0.357 e. The SMILES string of the molecule is CN(C)CCN1c2ccccc2N(C(=O)c2ccc([N+](=O)[O-])cc2)CC1C=O. The van der Waals surface area contributed by atoms with Crippen molar-refractivity contribution in [2.75, 3.05) is 43.5 Å². The Labute approximate surface area is 163 Å². The van der Waals surface area contributed by atoms with E-state index in [1.807, 2.05) is 48.2 Å². The summed E-state index contributed by atoms with van der Waals surface area (Å²) in [5.41, 5.74) is 1.81. The molecule has 1 amide bonds. The average Bonchev–Trinajstić information content (AvgIpc) is 2.71. The highest BCUT2D eigenvalue weighted by Crippen LogP contribution is 2.35. The minimum atomic E-state index is -0.504. The molecule has 1 aliphatic rings. The Morgan fingerprint density at radius 1 is 1.18 bits per heavy atom. The zero-order chi connectivity index (χ0) is 20.3. The second kappa shape index (κ2) is 8.18. The molecule has 0 spiro atoms. The summed E-state index contributed by atoms with van der Waals surface area (Å²) in [4.78, 5) is 40.8. The second-order valence-corrected chi connectivity index (χ2v) is 6.91. The lowest BCUT2D eigenvalue weighted by atomic mass is 10.1. The number of likely N-dealkylation sites (N-methyl/N-ethyl adjacent to an activating group) is 1. The van der Waals surface area contributed by atoms with Gasteiger partial charge < -0.3 is 19.5 Å². The number of rotatable bonds is 6. The lowest BCUT2D eigenvalue weighted by molar-refractivity contribution is -0.384. The predicted octanol–water partition coefficient (Wildman–Crippen LogP) is 2.19. The average molecular weight is 382 g/mol. The Morgan fingerprint density at radius 2 is 1.82 bits per heavy atom. The third-order valence-electron chi connectivity index (χ3n) is 4.77. The van der Waals surface area contributed by atoms with Gasteiger partial charge in [0.05, 0.1) is 22.8 Å². The first-order chi connectivity index (χ1) is 13.4. The summed E-state index contributed by atoms with van der Waals surface area (Å²) in [7, 11) is 3.94. The number of amides is 1. The fourth-order valence-electron chi connectivity index (χ4n) is 3.28. The lowest BCUT2D eigenvalue weighted by Gasteiger charge is -2.42. The number of non-ortho nitro benzene ring substituents is 1. The van der Waals surface area contributed by atoms with Crippen molar-refractivity contribution in [3.8, 4) is 0 Å². The summed E-state index contributed by atoms with van der Waals surface area (Å²) in [6.07, 6.45) is 0.863. The lowest BCUT2D eigenvalue weighted by Crippen LogP contribution is -2.53. The van der Waals surface area contributed by atoms with Crippen molar-refractivity contribution >= 4 is 29.3 Å². The molecule has 146 valence electrons. The maximum atomic E-state index is 13.1. The third kappa shape index (κ3) is 3.86. The van der Waals surface area contributed by atoms with Gasteiger partial charge in [-0.1, -0.05) is 12.1 Å². The zero-order valence-corrected chi connectivity index (χ0v) is 15.8. The van der Waals surface area contributed by atoms with Crippen LogP contribution in [0.1, 0.15) is 10.4 Å². The van der Waals surface area contributed by atoms with Gasteiger partial charge in [-0.2, -0.15) is 0 Å². The first-order valence-corrected chi connectivity index (χ1v) is 8.94. The molecular formula is C20H22N4O4. The smallest absolute Gasteiger partial charge is 0.269 e. The number of carbonyl (C=O) groups excluding carboxylic acids is 2. The Bertz CT molecular complexity index is 882. The summed E-state index contributed by atoms with van der Waals surface area (Å²) in [6.45, 7) is 1.66. The van der Waals surface area contributed by atoms with Crippen molar-refractivity contribution in [2.24, 2.45) is 0 Å². The van der Waals surface area contributed by atoms with Crippen molar-refractivity contribution < 1.29 is 14.5 Å². The standard InChI is InChI=1S/C20H22N4O4/c1-21(2)11-12-22-17(14-25)13-23(19-6-4-3-5-18(19)22)20(26)15-7-9-16(10-8-15)24(27)28/h3-10,14,17H,11-13H2,1-2H3. The summed E-state index contributed by atoms with van der Waals surface area (Å²) in [5, 5.41) is 10.8. The fourth-order valence-corrected chi connectivity index (χ4v) is 3.28. The van der Waals surface area contributed by atoms with Crippen LogP contribution in [0.3, 0.4) is 0 Å². The molecule has 0 fully saturated rings. The van der Waals surface area contributed by atoms with E-state index in [0.717, 1.165) is 24.2 Å². The maximum Gasteiger partial charge on any atom is 0.269 e. The number of nitro benzene ring substituents is 1. The quantitative estimate of drug-likeness (QED) is 0.432. The van der Waals surface area contributed by atoms with Crippen LogP contribution in [0.5, 0.6) is 0 Å². The summed E-state index contributed by atoms with van der Waals surface area (Å²) in [5.74, 6) is -0.290. The number of hydrogen-bond acceptors (Lipinski definition) is 6. The molecule has 2 aromatic carbocycles. The Hall–Kier alpha value is -3.26. The Kier molecular flexibility index (Phi) is 5.70. The normalized spacial score (nSPS) is 16.0. The Balaban J connectivity index is 1.94. The van der Waals surface area contributed by atoms with Crippen LogP contribution >= 0.6 is 0 Å². The van der Waals surface area contributed by atoms with Crippen LogP contribution in [0.2, 0.25) is 0 Å². The van der Waals surface area contributed by atoms with Crippen LogP contribution < -0.4 is 9.80 Å². The van der Waals surface area contributed by atoms with Crippen LogP contribution in [0.4, 0.5) is 17.1 Å². The van der Waals surface area contributed by atoms with Gasteiger partial charge in [-0.25, -0.2) is 0 Å². The first kappa shape index (κ1) is 19.5. The number of benzene rings is 2. The van der Waals surface area contributed by atoms with Crippen LogP contribution in [0, 0.1) is 10.1 Å². The number of carbonyl (C=O) groups is 2. The number of aldehydes is 1. The molecule has 0 bridgehead atoms. The van der Waals surface area contributed by atoms with Crippen LogP contribution in [0.25, 0.3) is 0 Å². The zero-order valence-electron chi connectivity index (χ0n) is 15.8. The molecule has 0 saturated heterocycles. The molecule has 0 aliphatic carbocycles. The van der Waals surface area contributed by atoms with E-state index in [2.05, 4.69) is 0 Å². The molecule has 1 unspecified atom stereocenters. The van der Waals surface area contributed by atoms with Crippen molar-refractivity contribution in [2.45, 2.75) is 6.04 Å². The van der Waals surface area contributed by atoms with Gasteiger partial charge in [-0.3, -0.25) is 14.9 Å². The fraction of sp³-hybridized carbons (Fsp3) is 0.300. The molecule has 2 aromatic rings. The molecule has 3 rings (SSSR count). The number of nitro groups is 1. The molecule has 0 saturated carbocycles. The number of hydrogen-bond donors (Lipinski definition) is 0. The van der Waals surface area contributed by atoms with Crippen molar-refractivity contribution in [3.63, 3.8) is 0 Å². The van der Waals surface area contributed by atoms with Gasteiger partial charge in [-0.15, -0.1) is 0 Å². The van der Waals surface area contributed by atoms with Crippen LogP contribution in [-0.2, 0) is 4.79 Å². The highest BCUT2D eigenvalue weighted by molar-refractivity contribution is 6.09. The van der Waals surface area contributed by atoms with E-state index in [1.54, 1.807) is 4.90 Å². The third-order valence-corrected chi connectivity index (χ3v) is 4.77. The summed E-state index contributed by atoms with van der Waals surface area (Å²) < 4.78 is 0. The molecule has 1 atom stereocenters. The van der Waals surface area contributed by atoms with E-state index >= 15 is 0 Å². The minimum Gasteiger partial charge on any atom is -0.357 e. The molecule has 28 heavy (non-hydrogen) atoms. The predicted molar refractivity (Wildman–Crippen MR) is 107 cm³/mol. The Morgan fingerprint density at radius 3 is 2.39 bits per heavy atom. The number of fused-ring (bicyclic) bond motifs is 1. The maximum absolute atomic E-state index is 13.1. The first-order valence-electron chi connectivity index (χ1n) is 8.94. The van der Waals surface area contributed by atoms with Crippen molar-refractivity contribution in [1.29, 1.82) is 0 Å². The molecule has 1 aliphatic heterocycles. The number of para-hydroxylation sites is 2. The summed E-state index contributed by atoms with van der Waals surface area (Å²) >= 11 is 0. The van der Waals surface area contributed by atoms with E-state index in [0.29, 0.717) is 12.1 Å². The van der Waals surface area contributed by atoms with Crippen LogP contribution in [-0.4, -0.2) is 61.8 Å². The van der Waals surface area contributed by atoms with Gasteiger partial charge in [0.2, 0.25) is 0 Å². The molecule has 0 radical (unpaired) electrons. The summed E-state index contributed by atoms with van der Waals surface area (Å²) in [6, 6.07) is 12.5. The van der Waals surface area contributed by atoms with Crippen molar-refractivity contribution in [1.82, 2.24) is 4.90 Å². The molecule has 1 heterocycles. The number of anilines is 2. The van der Waals surface area contributed by atoms with E-state index in [1.165, 1.54) is 24.3 Å². The van der Waals surface area contributed by atoms with Gasteiger partial charge in [0, 0.05) is 30.8 Å². The van der Waals surface area contributed by atoms with Crippen LogP contribution in [0.15, 0.2) is 48.5 Å². The highest BCUT2D eigenvalue weighted by atomic mass is 16.6. The van der Waals surface area contributed by atoms with Gasteiger partial charge in [0.25, 0.3) is 11.6 Å². The topological polar surface area (TPSA) is 87.0 Å². The molecular weight excluding hydrogens is 360 g/mol.